The summed E-state index contributed by atoms with van der Waals surface area (Å²) in [6.45, 7) is 0.977. The molecule has 0 bridgehead atoms. The predicted octanol–water partition coefficient (Wildman–Crippen LogP) is 2.20. The molecule has 1 aliphatic rings. The van der Waals surface area contributed by atoms with E-state index in [1.54, 1.807) is 34.0 Å². The van der Waals surface area contributed by atoms with E-state index in [1.165, 1.54) is 23.9 Å². The van der Waals surface area contributed by atoms with Crippen LogP contribution in [0.1, 0.15) is 16.4 Å². The molecule has 0 aliphatic carbocycles. The summed E-state index contributed by atoms with van der Waals surface area (Å²) in [6, 6.07) is 16.4. The highest BCUT2D eigenvalue weighted by atomic mass is 16.5. The molecule has 0 atom stereocenters. The number of hydrogen-bond acceptors (Lipinski definition) is 6. The molecule has 4 aromatic rings. The van der Waals surface area contributed by atoms with Crippen molar-refractivity contribution in [1.82, 2.24) is 29.4 Å². The van der Waals surface area contributed by atoms with E-state index in [0.717, 1.165) is 11.3 Å². The Bertz CT molecular complexity index is 1310. The zero-order chi connectivity index (χ0) is 22.1. The van der Waals surface area contributed by atoms with Gasteiger partial charge in [-0.1, -0.05) is 41.6 Å². The maximum absolute atomic E-state index is 13.2. The van der Waals surface area contributed by atoms with E-state index in [4.69, 9.17) is 4.74 Å². The minimum absolute atomic E-state index is 0.0385. The second-order valence-corrected chi connectivity index (χ2v) is 7.47. The molecule has 1 fully saturated rings. The molecule has 1 aromatic carbocycles. The fraction of sp³-hybridized carbons (Fsp3) is 0.174. The Kier molecular flexibility index (Phi) is 4.98. The molecule has 1 saturated heterocycles. The van der Waals surface area contributed by atoms with Crippen molar-refractivity contribution in [1.29, 1.82) is 0 Å². The van der Waals surface area contributed by atoms with Crippen molar-refractivity contribution in [3.63, 3.8) is 0 Å². The number of pyridine rings is 2. The number of likely N-dealkylation sites (tertiary alicyclic amines) is 1. The van der Waals surface area contributed by atoms with E-state index < -0.39 is 0 Å². The van der Waals surface area contributed by atoms with Gasteiger partial charge in [0.25, 0.3) is 11.5 Å². The van der Waals surface area contributed by atoms with Crippen LogP contribution in [0.4, 0.5) is 0 Å². The highest BCUT2D eigenvalue weighted by Crippen LogP contribution is 2.27. The Hall–Kier alpha value is -4.27. The summed E-state index contributed by atoms with van der Waals surface area (Å²) < 4.78 is 8.45. The number of nitrogens with zero attached hydrogens (tertiary/aromatic N) is 6. The van der Waals surface area contributed by atoms with Gasteiger partial charge in [0.15, 0.2) is 0 Å². The first-order valence-electron chi connectivity index (χ1n) is 10.1. The Balaban J connectivity index is 1.35. The van der Waals surface area contributed by atoms with Crippen molar-refractivity contribution in [3.05, 3.63) is 89.1 Å². The SMILES string of the molecule is COc1cc(=O)n(-c2ccccn2)cc1C(=O)N1CC(n2cc(-c3ccccc3)nn2)C1. The molecule has 9 heteroatoms. The molecule has 1 amide bonds. The van der Waals surface area contributed by atoms with Crippen LogP contribution in [0.25, 0.3) is 17.1 Å². The lowest BCUT2D eigenvalue weighted by atomic mass is 10.1. The standard InChI is InChI=1S/C23H20N6O3/c1-32-20-11-22(30)28(21-9-5-6-10-24-21)14-18(20)23(31)27-12-17(13-27)29-15-19(25-26-29)16-7-3-2-4-8-16/h2-11,14-15,17H,12-13H2,1H3. The lowest BCUT2D eigenvalue weighted by molar-refractivity contribution is 0.0494. The molecule has 160 valence electrons. The molecule has 32 heavy (non-hydrogen) atoms. The first kappa shape index (κ1) is 19.7. The number of carbonyl (C=O) groups is 1. The number of ether oxygens (including phenoxy) is 1. The summed E-state index contributed by atoms with van der Waals surface area (Å²) >= 11 is 0. The number of methoxy groups -OCH3 is 1. The van der Waals surface area contributed by atoms with Gasteiger partial charge < -0.3 is 9.64 Å². The second-order valence-electron chi connectivity index (χ2n) is 7.47. The van der Waals surface area contributed by atoms with Gasteiger partial charge >= 0.3 is 0 Å². The third-order valence-corrected chi connectivity index (χ3v) is 5.47. The largest absolute Gasteiger partial charge is 0.496 e. The van der Waals surface area contributed by atoms with Gasteiger partial charge in [-0.3, -0.25) is 14.2 Å². The molecule has 5 rings (SSSR count). The lowest BCUT2D eigenvalue weighted by Gasteiger charge is -2.39. The molecular formula is C23H20N6O3. The summed E-state index contributed by atoms with van der Waals surface area (Å²) in [4.78, 5) is 31.5. The van der Waals surface area contributed by atoms with Crippen LogP contribution < -0.4 is 10.3 Å². The third kappa shape index (κ3) is 3.53. The number of aromatic nitrogens is 5. The summed E-state index contributed by atoms with van der Waals surface area (Å²) in [7, 11) is 1.44. The Morgan fingerprint density at radius 1 is 1.06 bits per heavy atom. The fourth-order valence-electron chi connectivity index (χ4n) is 3.68. The molecule has 1 aliphatic heterocycles. The number of benzene rings is 1. The van der Waals surface area contributed by atoms with Crippen molar-refractivity contribution in [3.8, 4) is 22.8 Å². The van der Waals surface area contributed by atoms with E-state index in [0.29, 0.717) is 24.5 Å². The minimum Gasteiger partial charge on any atom is -0.496 e. The van der Waals surface area contributed by atoms with Crippen molar-refractivity contribution >= 4 is 5.91 Å². The van der Waals surface area contributed by atoms with Gasteiger partial charge in [-0.15, -0.1) is 5.10 Å². The van der Waals surface area contributed by atoms with E-state index in [1.807, 2.05) is 36.5 Å². The maximum atomic E-state index is 13.2. The quantitative estimate of drug-likeness (QED) is 0.484. The van der Waals surface area contributed by atoms with E-state index in [-0.39, 0.29) is 23.3 Å². The Morgan fingerprint density at radius 2 is 1.84 bits per heavy atom. The highest BCUT2D eigenvalue weighted by molar-refractivity contribution is 5.97. The van der Waals surface area contributed by atoms with Crippen LogP contribution >= 0.6 is 0 Å². The van der Waals surface area contributed by atoms with Gasteiger partial charge in [-0.2, -0.15) is 0 Å². The average Bonchev–Trinajstić information content (AvgIpc) is 3.28. The van der Waals surface area contributed by atoms with Crippen LogP contribution in [0.15, 0.2) is 78.0 Å². The van der Waals surface area contributed by atoms with Crippen LogP contribution in [0.2, 0.25) is 0 Å². The maximum Gasteiger partial charge on any atom is 0.260 e. The number of carbonyl (C=O) groups excluding carboxylic acids is 1. The third-order valence-electron chi connectivity index (χ3n) is 5.47. The molecule has 0 spiro atoms. The molecule has 0 N–H and O–H groups in total. The van der Waals surface area contributed by atoms with Gasteiger partial charge in [-0.05, 0) is 12.1 Å². The summed E-state index contributed by atoms with van der Waals surface area (Å²) in [6.07, 6.45) is 4.97. The van der Waals surface area contributed by atoms with Crippen LogP contribution in [0.3, 0.4) is 0 Å². The number of amides is 1. The van der Waals surface area contributed by atoms with E-state index in [2.05, 4.69) is 15.3 Å². The number of rotatable bonds is 5. The van der Waals surface area contributed by atoms with Crippen molar-refractivity contribution < 1.29 is 9.53 Å². The smallest absolute Gasteiger partial charge is 0.260 e. The van der Waals surface area contributed by atoms with Crippen LogP contribution in [-0.4, -0.2) is 55.6 Å². The Morgan fingerprint density at radius 3 is 2.56 bits per heavy atom. The summed E-state index contributed by atoms with van der Waals surface area (Å²) in [5.41, 5.74) is 1.77. The van der Waals surface area contributed by atoms with Gasteiger partial charge in [-0.25, -0.2) is 9.67 Å². The molecule has 4 heterocycles. The van der Waals surface area contributed by atoms with Gasteiger partial charge in [0.2, 0.25) is 0 Å². The molecule has 0 radical (unpaired) electrons. The van der Waals surface area contributed by atoms with E-state index >= 15 is 0 Å². The topological polar surface area (TPSA) is 95.1 Å². The molecule has 0 saturated carbocycles. The van der Waals surface area contributed by atoms with Crippen LogP contribution in [-0.2, 0) is 0 Å². The normalized spacial score (nSPS) is 13.6. The second kappa shape index (κ2) is 8.10. The minimum atomic E-state index is -0.324. The van der Waals surface area contributed by atoms with E-state index in [9.17, 15) is 9.59 Å². The van der Waals surface area contributed by atoms with Crippen molar-refractivity contribution in [2.45, 2.75) is 6.04 Å². The zero-order valence-corrected chi connectivity index (χ0v) is 17.3. The van der Waals surface area contributed by atoms with Gasteiger partial charge in [0, 0.05) is 37.1 Å². The van der Waals surface area contributed by atoms with Crippen LogP contribution in [0.5, 0.6) is 5.75 Å². The highest BCUT2D eigenvalue weighted by Gasteiger charge is 2.35. The predicted molar refractivity (Wildman–Crippen MR) is 117 cm³/mol. The van der Waals surface area contributed by atoms with Gasteiger partial charge in [0.1, 0.15) is 17.3 Å². The monoisotopic (exact) mass is 428 g/mol. The molecule has 9 nitrogen and oxygen atoms in total. The first-order chi connectivity index (χ1) is 15.6. The summed E-state index contributed by atoms with van der Waals surface area (Å²) in [5.74, 6) is 0.459. The molecular weight excluding hydrogens is 408 g/mol. The molecule has 3 aromatic heterocycles. The lowest BCUT2D eigenvalue weighted by Crippen LogP contribution is -2.51. The summed E-state index contributed by atoms with van der Waals surface area (Å²) in [5, 5.41) is 8.47. The first-order valence-corrected chi connectivity index (χ1v) is 10.1. The number of hydrogen-bond donors (Lipinski definition) is 0. The zero-order valence-electron chi connectivity index (χ0n) is 17.3. The molecule has 0 unspecified atom stereocenters. The van der Waals surface area contributed by atoms with Crippen LogP contribution in [0, 0.1) is 0 Å². The average molecular weight is 428 g/mol. The van der Waals surface area contributed by atoms with Crippen molar-refractivity contribution in [2.24, 2.45) is 0 Å². The van der Waals surface area contributed by atoms with Gasteiger partial charge in [0.05, 0.1) is 24.9 Å². The Labute approximate surface area is 183 Å². The van der Waals surface area contributed by atoms with Crippen molar-refractivity contribution in [2.75, 3.05) is 20.2 Å². The fourth-order valence-corrected chi connectivity index (χ4v) is 3.68.